The Balaban J connectivity index is 1.84. The normalized spacial score (nSPS) is 17.3. The lowest BCUT2D eigenvalue weighted by molar-refractivity contribution is 0.272. The lowest BCUT2D eigenvalue weighted by Crippen LogP contribution is -2.47. The van der Waals surface area contributed by atoms with Gasteiger partial charge in [-0.25, -0.2) is 9.97 Å². The van der Waals surface area contributed by atoms with Gasteiger partial charge in [0.15, 0.2) is 0 Å². The van der Waals surface area contributed by atoms with Crippen LogP contribution in [0, 0.1) is 6.92 Å². The van der Waals surface area contributed by atoms with Crippen LogP contribution in [0.3, 0.4) is 0 Å². The molecule has 0 unspecified atom stereocenters. The molecular formula is C12H16ClN5S. The first-order chi connectivity index (χ1) is 9.29. The highest BCUT2D eigenvalue weighted by molar-refractivity contribution is 7.13. The molecule has 0 aliphatic carbocycles. The van der Waals surface area contributed by atoms with Crippen molar-refractivity contribution in [3.05, 3.63) is 12.0 Å². The quantitative estimate of drug-likeness (QED) is 0.808. The molecule has 3 heterocycles. The molecule has 1 saturated heterocycles. The minimum atomic E-state index is 0.700. The highest BCUT2D eigenvalue weighted by Crippen LogP contribution is 2.28. The molecule has 5 nitrogen and oxygen atoms in total. The summed E-state index contributed by atoms with van der Waals surface area (Å²) in [5.41, 5.74) is 1.03. The number of piperazine rings is 1. The Morgan fingerprint density at radius 1 is 1.26 bits per heavy atom. The third-order valence-electron chi connectivity index (χ3n) is 3.50. The van der Waals surface area contributed by atoms with E-state index in [4.69, 9.17) is 11.6 Å². The van der Waals surface area contributed by atoms with E-state index < -0.39 is 0 Å². The van der Waals surface area contributed by atoms with Gasteiger partial charge in [0, 0.05) is 38.6 Å². The Labute approximate surface area is 121 Å². The standard InChI is InChI=1S/C12H16ClN5S/c1-9-10-11(14-8-15-12(10)19-16-9)18-6-4-17(3-2-13)5-7-18/h8H,2-7H2,1H3. The van der Waals surface area contributed by atoms with Gasteiger partial charge in [0.05, 0.1) is 11.1 Å². The predicted octanol–water partition coefficient (Wildman–Crippen LogP) is 1.76. The first-order valence-corrected chi connectivity index (χ1v) is 7.70. The predicted molar refractivity (Wildman–Crippen MR) is 79.3 cm³/mol. The van der Waals surface area contributed by atoms with Gasteiger partial charge in [-0.1, -0.05) is 0 Å². The summed E-state index contributed by atoms with van der Waals surface area (Å²) in [6, 6.07) is 0. The van der Waals surface area contributed by atoms with E-state index in [9.17, 15) is 0 Å². The van der Waals surface area contributed by atoms with Crippen LogP contribution < -0.4 is 4.90 Å². The van der Waals surface area contributed by atoms with Crippen molar-refractivity contribution in [2.24, 2.45) is 0 Å². The van der Waals surface area contributed by atoms with Crippen molar-refractivity contribution in [2.75, 3.05) is 43.5 Å². The number of anilines is 1. The van der Waals surface area contributed by atoms with Crippen LogP contribution in [0.4, 0.5) is 5.82 Å². The lowest BCUT2D eigenvalue weighted by Gasteiger charge is -2.35. The van der Waals surface area contributed by atoms with Crippen LogP contribution in [0.25, 0.3) is 10.2 Å². The Kier molecular flexibility index (Phi) is 3.81. The third kappa shape index (κ3) is 2.52. The minimum Gasteiger partial charge on any atom is -0.353 e. The van der Waals surface area contributed by atoms with Crippen LogP contribution >= 0.6 is 23.1 Å². The molecule has 1 aliphatic rings. The zero-order chi connectivity index (χ0) is 13.2. The van der Waals surface area contributed by atoms with Crippen LogP contribution in [-0.2, 0) is 0 Å². The Morgan fingerprint density at radius 2 is 2.05 bits per heavy atom. The second-order valence-electron chi connectivity index (χ2n) is 4.66. The molecule has 102 valence electrons. The first-order valence-electron chi connectivity index (χ1n) is 6.40. The van der Waals surface area contributed by atoms with E-state index in [1.165, 1.54) is 11.5 Å². The molecule has 1 aliphatic heterocycles. The monoisotopic (exact) mass is 297 g/mol. The van der Waals surface area contributed by atoms with Crippen molar-refractivity contribution in [3.8, 4) is 0 Å². The molecule has 0 aromatic carbocycles. The third-order valence-corrected chi connectivity index (χ3v) is 4.51. The van der Waals surface area contributed by atoms with E-state index in [2.05, 4.69) is 24.1 Å². The van der Waals surface area contributed by atoms with Crippen molar-refractivity contribution in [2.45, 2.75) is 6.92 Å². The van der Waals surface area contributed by atoms with Gasteiger partial charge >= 0.3 is 0 Å². The molecule has 0 atom stereocenters. The van der Waals surface area contributed by atoms with Gasteiger partial charge < -0.3 is 4.90 Å². The maximum atomic E-state index is 5.79. The molecule has 0 radical (unpaired) electrons. The van der Waals surface area contributed by atoms with Crippen LogP contribution in [0.15, 0.2) is 6.33 Å². The van der Waals surface area contributed by atoms with Crippen molar-refractivity contribution < 1.29 is 0 Å². The van der Waals surface area contributed by atoms with Crippen molar-refractivity contribution in [3.63, 3.8) is 0 Å². The van der Waals surface area contributed by atoms with Gasteiger partial charge in [0.2, 0.25) is 0 Å². The number of alkyl halides is 1. The van der Waals surface area contributed by atoms with Gasteiger partial charge in [0.1, 0.15) is 17.0 Å². The smallest absolute Gasteiger partial charge is 0.149 e. The average molecular weight is 298 g/mol. The van der Waals surface area contributed by atoms with E-state index in [0.717, 1.165) is 54.5 Å². The topological polar surface area (TPSA) is 45.2 Å². The molecule has 0 amide bonds. The molecule has 1 fully saturated rings. The number of fused-ring (bicyclic) bond motifs is 1. The van der Waals surface area contributed by atoms with Gasteiger partial charge in [-0.05, 0) is 18.5 Å². The second-order valence-corrected chi connectivity index (χ2v) is 5.79. The summed E-state index contributed by atoms with van der Waals surface area (Å²) in [6.07, 6.45) is 1.64. The van der Waals surface area contributed by atoms with E-state index in [1.54, 1.807) is 6.33 Å². The molecule has 3 rings (SSSR count). The fraction of sp³-hybridized carbons (Fsp3) is 0.583. The molecule has 2 aromatic rings. The Hall–Kier alpha value is -0.980. The number of nitrogens with zero attached hydrogens (tertiary/aromatic N) is 5. The summed E-state index contributed by atoms with van der Waals surface area (Å²) >= 11 is 7.23. The van der Waals surface area contributed by atoms with Gasteiger partial charge in [-0.3, -0.25) is 4.90 Å². The molecule has 0 bridgehead atoms. The summed E-state index contributed by atoms with van der Waals surface area (Å²) in [5.74, 6) is 1.73. The van der Waals surface area contributed by atoms with Gasteiger partial charge in [-0.15, -0.1) is 11.6 Å². The molecular weight excluding hydrogens is 282 g/mol. The zero-order valence-corrected chi connectivity index (χ0v) is 12.4. The second kappa shape index (κ2) is 5.56. The number of aryl methyl sites for hydroxylation is 1. The highest BCUT2D eigenvalue weighted by Gasteiger charge is 2.21. The van der Waals surface area contributed by atoms with Crippen LogP contribution in [0.2, 0.25) is 0 Å². The van der Waals surface area contributed by atoms with Crippen molar-refractivity contribution in [1.82, 2.24) is 19.2 Å². The summed E-state index contributed by atoms with van der Waals surface area (Å²) in [5, 5.41) is 1.11. The van der Waals surface area contributed by atoms with Gasteiger partial charge in [0.25, 0.3) is 0 Å². The molecule has 7 heteroatoms. The maximum Gasteiger partial charge on any atom is 0.149 e. The maximum absolute atomic E-state index is 5.79. The molecule has 0 N–H and O–H groups in total. The zero-order valence-electron chi connectivity index (χ0n) is 10.8. The van der Waals surface area contributed by atoms with E-state index in [-0.39, 0.29) is 0 Å². The number of hydrogen-bond donors (Lipinski definition) is 0. The minimum absolute atomic E-state index is 0.700. The van der Waals surface area contributed by atoms with Crippen LogP contribution in [0.1, 0.15) is 5.69 Å². The summed E-state index contributed by atoms with van der Waals surface area (Å²) in [6.45, 7) is 7.03. The number of aromatic nitrogens is 3. The number of halogens is 1. The summed E-state index contributed by atoms with van der Waals surface area (Å²) in [4.78, 5) is 14.5. The highest BCUT2D eigenvalue weighted by atomic mass is 35.5. The molecule has 0 spiro atoms. The fourth-order valence-corrected chi connectivity index (χ4v) is 3.42. The average Bonchev–Trinajstić information content (AvgIpc) is 2.82. The Morgan fingerprint density at radius 3 is 2.79 bits per heavy atom. The molecule has 2 aromatic heterocycles. The summed E-state index contributed by atoms with van der Waals surface area (Å²) in [7, 11) is 0. The SMILES string of the molecule is Cc1nsc2ncnc(N3CCN(CCCl)CC3)c12. The van der Waals surface area contributed by atoms with Crippen molar-refractivity contribution in [1.29, 1.82) is 0 Å². The number of rotatable bonds is 3. The largest absolute Gasteiger partial charge is 0.353 e. The molecule has 19 heavy (non-hydrogen) atoms. The first kappa shape index (κ1) is 13.0. The van der Waals surface area contributed by atoms with Gasteiger partial charge in [-0.2, -0.15) is 4.37 Å². The number of hydrogen-bond acceptors (Lipinski definition) is 6. The molecule has 0 saturated carbocycles. The summed E-state index contributed by atoms with van der Waals surface area (Å²) < 4.78 is 4.38. The van der Waals surface area contributed by atoms with Crippen LogP contribution in [-0.4, -0.2) is 57.8 Å². The lowest BCUT2D eigenvalue weighted by atomic mass is 10.2. The fourth-order valence-electron chi connectivity index (χ4n) is 2.45. The Bertz CT molecular complexity index is 564. The van der Waals surface area contributed by atoms with Crippen molar-refractivity contribution >= 4 is 39.2 Å². The van der Waals surface area contributed by atoms with E-state index >= 15 is 0 Å². The van der Waals surface area contributed by atoms with E-state index in [0.29, 0.717) is 5.88 Å². The van der Waals surface area contributed by atoms with Crippen LogP contribution in [0.5, 0.6) is 0 Å². The van der Waals surface area contributed by atoms with E-state index in [1.807, 2.05) is 6.92 Å².